The fourth-order valence-corrected chi connectivity index (χ4v) is 4.38. The quantitative estimate of drug-likeness (QED) is 0.902. The lowest BCUT2D eigenvalue weighted by Gasteiger charge is -2.38. The zero-order chi connectivity index (χ0) is 13.2. The van der Waals surface area contributed by atoms with Crippen LogP contribution in [0.5, 0.6) is 0 Å². The van der Waals surface area contributed by atoms with Gasteiger partial charge in [-0.1, -0.05) is 25.1 Å². The van der Waals surface area contributed by atoms with Crippen LogP contribution < -0.4 is 5.73 Å². The van der Waals surface area contributed by atoms with E-state index < -0.39 is 10.0 Å². The fraction of sp³-hybridized carbons (Fsp3) is 0.538. The van der Waals surface area contributed by atoms with E-state index in [0.717, 1.165) is 12.8 Å². The molecule has 0 bridgehead atoms. The third-order valence-corrected chi connectivity index (χ3v) is 5.59. The highest BCUT2D eigenvalue weighted by atomic mass is 32.2. The van der Waals surface area contributed by atoms with Gasteiger partial charge in [-0.15, -0.1) is 0 Å². The first-order chi connectivity index (χ1) is 8.57. The lowest BCUT2D eigenvalue weighted by molar-refractivity contribution is 0.192. The van der Waals surface area contributed by atoms with Crippen molar-refractivity contribution in [1.82, 2.24) is 4.31 Å². The van der Waals surface area contributed by atoms with Crippen LogP contribution in [0.3, 0.4) is 0 Å². The summed E-state index contributed by atoms with van der Waals surface area (Å²) in [4.78, 5) is 0.359. The van der Waals surface area contributed by atoms with Gasteiger partial charge in [0.1, 0.15) is 0 Å². The van der Waals surface area contributed by atoms with Crippen molar-refractivity contribution in [2.45, 2.75) is 30.7 Å². The molecule has 0 aliphatic carbocycles. The van der Waals surface area contributed by atoms with Crippen molar-refractivity contribution in [2.24, 2.45) is 11.7 Å². The second-order valence-corrected chi connectivity index (χ2v) is 6.74. The number of piperidine rings is 1. The van der Waals surface area contributed by atoms with Crippen LogP contribution >= 0.6 is 0 Å². The summed E-state index contributed by atoms with van der Waals surface area (Å²) in [5.74, 6) is 0.322. The largest absolute Gasteiger partial charge is 0.329 e. The van der Waals surface area contributed by atoms with Gasteiger partial charge in [-0.3, -0.25) is 0 Å². The highest BCUT2D eigenvalue weighted by molar-refractivity contribution is 7.89. The van der Waals surface area contributed by atoms with Crippen molar-refractivity contribution >= 4 is 10.0 Å². The Morgan fingerprint density at radius 2 is 2.00 bits per heavy atom. The maximum Gasteiger partial charge on any atom is 0.243 e. The molecule has 5 heteroatoms. The predicted octanol–water partition coefficient (Wildman–Crippen LogP) is 1.43. The minimum absolute atomic E-state index is 0.0797. The molecule has 100 valence electrons. The molecule has 2 N–H and O–H groups in total. The molecular formula is C13H20N2O2S. The monoisotopic (exact) mass is 268 g/mol. The van der Waals surface area contributed by atoms with E-state index in [1.807, 2.05) is 6.07 Å². The normalized spacial score (nSPS) is 26.1. The van der Waals surface area contributed by atoms with Gasteiger partial charge in [-0.05, 0) is 30.9 Å². The molecular weight excluding hydrogens is 248 g/mol. The van der Waals surface area contributed by atoms with Crippen LogP contribution in [0.25, 0.3) is 0 Å². The van der Waals surface area contributed by atoms with E-state index in [1.165, 1.54) is 0 Å². The van der Waals surface area contributed by atoms with Gasteiger partial charge in [0.25, 0.3) is 0 Å². The van der Waals surface area contributed by atoms with Crippen LogP contribution in [0.2, 0.25) is 0 Å². The summed E-state index contributed by atoms with van der Waals surface area (Å²) in [5, 5.41) is 0. The van der Waals surface area contributed by atoms with E-state index >= 15 is 0 Å². The first-order valence-corrected chi connectivity index (χ1v) is 7.78. The molecule has 0 radical (unpaired) electrons. The standard InChI is InChI=1S/C13H20N2O2S/c1-11-6-5-9-15(13(11)10-14)18(16,17)12-7-3-2-4-8-12/h2-4,7-8,11,13H,5-6,9-10,14H2,1H3/t11-,13-/m1/s1. The molecule has 0 amide bonds. The Morgan fingerprint density at radius 3 is 2.61 bits per heavy atom. The van der Waals surface area contributed by atoms with Gasteiger partial charge in [0.05, 0.1) is 4.90 Å². The molecule has 0 saturated carbocycles. The van der Waals surface area contributed by atoms with E-state index in [1.54, 1.807) is 28.6 Å². The zero-order valence-electron chi connectivity index (χ0n) is 10.6. The van der Waals surface area contributed by atoms with Crippen LogP contribution in [0.15, 0.2) is 35.2 Å². The number of hydrogen-bond acceptors (Lipinski definition) is 3. The van der Waals surface area contributed by atoms with Gasteiger partial charge in [-0.2, -0.15) is 4.31 Å². The van der Waals surface area contributed by atoms with Crippen LogP contribution in [0.1, 0.15) is 19.8 Å². The van der Waals surface area contributed by atoms with Gasteiger partial charge < -0.3 is 5.73 Å². The second-order valence-electron chi connectivity index (χ2n) is 4.85. The molecule has 1 aliphatic heterocycles. The van der Waals surface area contributed by atoms with Crippen LogP contribution in [0.4, 0.5) is 0 Å². The molecule has 2 atom stereocenters. The Morgan fingerprint density at radius 1 is 1.33 bits per heavy atom. The number of benzene rings is 1. The molecule has 0 spiro atoms. The molecule has 1 aromatic rings. The summed E-state index contributed by atoms with van der Waals surface area (Å²) in [6.07, 6.45) is 1.95. The van der Waals surface area contributed by atoms with E-state index in [0.29, 0.717) is 23.9 Å². The molecule has 1 fully saturated rings. The van der Waals surface area contributed by atoms with Crippen molar-refractivity contribution in [3.05, 3.63) is 30.3 Å². The minimum Gasteiger partial charge on any atom is -0.329 e. The van der Waals surface area contributed by atoms with Crippen molar-refractivity contribution in [3.63, 3.8) is 0 Å². The first kappa shape index (κ1) is 13.5. The maximum atomic E-state index is 12.6. The summed E-state index contributed by atoms with van der Waals surface area (Å²) < 4.78 is 26.7. The number of nitrogens with zero attached hydrogens (tertiary/aromatic N) is 1. The van der Waals surface area contributed by atoms with Crippen molar-refractivity contribution in [3.8, 4) is 0 Å². The Bertz CT molecular complexity index is 487. The fourth-order valence-electron chi connectivity index (χ4n) is 2.59. The van der Waals surface area contributed by atoms with Crippen molar-refractivity contribution < 1.29 is 8.42 Å². The summed E-state index contributed by atoms with van der Waals surface area (Å²) in [7, 11) is -3.40. The topological polar surface area (TPSA) is 63.4 Å². The summed E-state index contributed by atoms with van der Waals surface area (Å²) in [6, 6.07) is 8.52. The Balaban J connectivity index is 2.34. The second kappa shape index (κ2) is 5.38. The number of nitrogens with two attached hydrogens (primary N) is 1. The Kier molecular flexibility index (Phi) is 4.04. The molecule has 1 aromatic carbocycles. The third kappa shape index (κ3) is 2.43. The van der Waals surface area contributed by atoms with Gasteiger partial charge >= 0.3 is 0 Å². The van der Waals surface area contributed by atoms with Gasteiger partial charge in [-0.25, -0.2) is 8.42 Å². The summed E-state index contributed by atoms with van der Waals surface area (Å²) in [5.41, 5.74) is 5.75. The highest BCUT2D eigenvalue weighted by Crippen LogP contribution is 2.28. The van der Waals surface area contributed by atoms with Gasteiger partial charge in [0, 0.05) is 19.1 Å². The Labute approximate surface area is 109 Å². The lowest BCUT2D eigenvalue weighted by atomic mass is 9.93. The highest BCUT2D eigenvalue weighted by Gasteiger charge is 2.36. The predicted molar refractivity (Wildman–Crippen MR) is 71.6 cm³/mol. The average Bonchev–Trinajstić information content (AvgIpc) is 2.39. The molecule has 2 rings (SSSR count). The molecule has 1 saturated heterocycles. The summed E-state index contributed by atoms with van der Waals surface area (Å²) >= 11 is 0. The maximum absolute atomic E-state index is 12.6. The third-order valence-electron chi connectivity index (χ3n) is 3.66. The van der Waals surface area contributed by atoms with E-state index in [4.69, 9.17) is 5.73 Å². The number of hydrogen-bond donors (Lipinski definition) is 1. The molecule has 1 aliphatic rings. The lowest BCUT2D eigenvalue weighted by Crippen LogP contribution is -2.51. The minimum atomic E-state index is -3.40. The van der Waals surface area contributed by atoms with Crippen LogP contribution in [-0.4, -0.2) is 31.9 Å². The van der Waals surface area contributed by atoms with E-state index in [2.05, 4.69) is 6.92 Å². The summed E-state index contributed by atoms with van der Waals surface area (Å²) in [6.45, 7) is 3.03. The van der Waals surface area contributed by atoms with Gasteiger partial charge in [0.2, 0.25) is 10.0 Å². The molecule has 1 heterocycles. The molecule has 0 aromatic heterocycles. The molecule has 4 nitrogen and oxygen atoms in total. The van der Waals surface area contributed by atoms with Crippen molar-refractivity contribution in [2.75, 3.05) is 13.1 Å². The number of sulfonamides is 1. The average molecular weight is 268 g/mol. The van der Waals surface area contributed by atoms with Gasteiger partial charge in [0.15, 0.2) is 0 Å². The van der Waals surface area contributed by atoms with Crippen molar-refractivity contribution in [1.29, 1.82) is 0 Å². The molecule has 0 unspecified atom stereocenters. The van der Waals surface area contributed by atoms with Crippen LogP contribution in [-0.2, 0) is 10.0 Å². The Hall–Kier alpha value is -0.910. The van der Waals surface area contributed by atoms with E-state index in [-0.39, 0.29) is 6.04 Å². The zero-order valence-corrected chi connectivity index (χ0v) is 11.4. The number of rotatable bonds is 3. The smallest absolute Gasteiger partial charge is 0.243 e. The first-order valence-electron chi connectivity index (χ1n) is 6.34. The van der Waals surface area contributed by atoms with Crippen LogP contribution in [0, 0.1) is 5.92 Å². The molecule has 18 heavy (non-hydrogen) atoms. The SMILES string of the molecule is C[C@@H]1CCCN(S(=O)(=O)c2ccccc2)[C@@H]1CN. The van der Waals surface area contributed by atoms with E-state index in [9.17, 15) is 8.42 Å².